The summed E-state index contributed by atoms with van der Waals surface area (Å²) in [6, 6.07) is 3.69. The van der Waals surface area contributed by atoms with Crippen LogP contribution in [0.4, 0.5) is 11.4 Å². The number of rotatable bonds is 7. The summed E-state index contributed by atoms with van der Waals surface area (Å²) < 4.78 is 25.5. The molecule has 118 valence electrons. The van der Waals surface area contributed by atoms with Gasteiger partial charge in [0.05, 0.1) is 15.9 Å². The Morgan fingerprint density at radius 3 is 2.57 bits per heavy atom. The summed E-state index contributed by atoms with van der Waals surface area (Å²) in [4.78, 5) is 10.2. The Balaban J connectivity index is 3.25. The van der Waals surface area contributed by atoms with Gasteiger partial charge in [-0.2, -0.15) is 4.31 Å². The maximum atomic E-state index is 12.3. The number of sulfonamides is 1. The zero-order valence-corrected chi connectivity index (χ0v) is 12.9. The monoisotopic (exact) mass is 317 g/mol. The Morgan fingerprint density at radius 1 is 1.48 bits per heavy atom. The van der Waals surface area contributed by atoms with Crippen LogP contribution in [-0.4, -0.2) is 49.0 Å². The largest absolute Gasteiger partial charge is 0.392 e. The van der Waals surface area contributed by atoms with Crippen LogP contribution in [0.15, 0.2) is 23.1 Å². The number of aliphatic hydroxyl groups is 1. The van der Waals surface area contributed by atoms with Gasteiger partial charge in [0.2, 0.25) is 10.0 Å². The van der Waals surface area contributed by atoms with E-state index < -0.39 is 21.1 Å². The standard InChI is InChI=1S/C12H19N3O5S/c1-4-13-11-6-5-10(7-12(11)15(17)18)21(19,20)14(3)8-9(2)16/h5-7,9,13,16H,4,8H2,1-3H3. The molecular weight excluding hydrogens is 298 g/mol. The predicted molar refractivity (Wildman–Crippen MR) is 78.8 cm³/mol. The number of nitrogens with one attached hydrogen (secondary N) is 1. The van der Waals surface area contributed by atoms with Crippen LogP contribution < -0.4 is 5.32 Å². The van der Waals surface area contributed by atoms with Crippen molar-refractivity contribution in [2.24, 2.45) is 0 Å². The maximum absolute atomic E-state index is 12.3. The van der Waals surface area contributed by atoms with E-state index in [0.717, 1.165) is 10.4 Å². The van der Waals surface area contributed by atoms with Crippen molar-refractivity contribution < 1.29 is 18.4 Å². The summed E-state index contributed by atoms with van der Waals surface area (Å²) in [5.74, 6) is 0. The first kappa shape index (κ1) is 17.3. The van der Waals surface area contributed by atoms with Gasteiger partial charge in [-0.15, -0.1) is 0 Å². The molecule has 8 nitrogen and oxygen atoms in total. The second-order valence-electron chi connectivity index (χ2n) is 4.60. The molecule has 0 amide bonds. The summed E-state index contributed by atoms with van der Waals surface area (Å²) in [5, 5.41) is 23.1. The van der Waals surface area contributed by atoms with Crippen LogP contribution in [0, 0.1) is 10.1 Å². The van der Waals surface area contributed by atoms with Gasteiger partial charge in [-0.05, 0) is 26.0 Å². The predicted octanol–water partition coefficient (Wildman–Crippen LogP) is 1.03. The topological polar surface area (TPSA) is 113 Å². The second kappa shape index (κ2) is 6.83. The molecule has 21 heavy (non-hydrogen) atoms. The molecule has 1 aromatic rings. The van der Waals surface area contributed by atoms with Crippen LogP contribution in [-0.2, 0) is 10.0 Å². The van der Waals surface area contributed by atoms with Crippen molar-refractivity contribution in [1.29, 1.82) is 0 Å². The average Bonchev–Trinajstić information content (AvgIpc) is 2.38. The Labute approximate surface area is 123 Å². The average molecular weight is 317 g/mol. The molecular formula is C12H19N3O5S. The van der Waals surface area contributed by atoms with Crippen molar-refractivity contribution in [3.63, 3.8) is 0 Å². The molecule has 0 heterocycles. The summed E-state index contributed by atoms with van der Waals surface area (Å²) in [5.41, 5.74) is -0.0389. The highest BCUT2D eigenvalue weighted by molar-refractivity contribution is 7.89. The molecule has 0 radical (unpaired) electrons. The van der Waals surface area contributed by atoms with Gasteiger partial charge in [0.1, 0.15) is 5.69 Å². The highest BCUT2D eigenvalue weighted by atomic mass is 32.2. The SMILES string of the molecule is CCNc1ccc(S(=O)(=O)N(C)CC(C)O)cc1[N+](=O)[O-]. The number of anilines is 1. The highest BCUT2D eigenvalue weighted by Crippen LogP contribution is 2.28. The second-order valence-corrected chi connectivity index (χ2v) is 6.65. The first-order chi connectivity index (χ1) is 9.70. The van der Waals surface area contributed by atoms with E-state index in [1.54, 1.807) is 6.92 Å². The summed E-state index contributed by atoms with van der Waals surface area (Å²) >= 11 is 0. The molecule has 0 spiro atoms. The molecule has 0 aliphatic heterocycles. The summed E-state index contributed by atoms with van der Waals surface area (Å²) in [7, 11) is -2.57. The zero-order valence-electron chi connectivity index (χ0n) is 12.1. The number of hydrogen-bond donors (Lipinski definition) is 2. The molecule has 0 saturated heterocycles. The Kier molecular flexibility index (Phi) is 5.64. The van der Waals surface area contributed by atoms with Crippen molar-refractivity contribution in [1.82, 2.24) is 4.31 Å². The fourth-order valence-corrected chi connectivity index (χ4v) is 3.09. The minimum Gasteiger partial charge on any atom is -0.392 e. The lowest BCUT2D eigenvalue weighted by Gasteiger charge is -2.18. The van der Waals surface area contributed by atoms with Gasteiger partial charge in [-0.25, -0.2) is 8.42 Å². The van der Waals surface area contributed by atoms with Crippen LogP contribution in [0.2, 0.25) is 0 Å². The van der Waals surface area contributed by atoms with Gasteiger partial charge in [0.25, 0.3) is 5.69 Å². The number of hydrogen-bond acceptors (Lipinski definition) is 6. The number of likely N-dealkylation sites (N-methyl/N-ethyl adjacent to an activating group) is 1. The molecule has 1 atom stereocenters. The molecule has 1 rings (SSSR count). The third-order valence-corrected chi connectivity index (χ3v) is 4.58. The molecule has 1 unspecified atom stereocenters. The first-order valence-corrected chi connectivity index (χ1v) is 7.80. The quantitative estimate of drug-likeness (QED) is 0.573. The van der Waals surface area contributed by atoms with Gasteiger partial charge in [-0.1, -0.05) is 0 Å². The van der Waals surface area contributed by atoms with Gasteiger partial charge in [-0.3, -0.25) is 10.1 Å². The lowest BCUT2D eigenvalue weighted by atomic mass is 10.2. The molecule has 0 bridgehead atoms. The van der Waals surface area contributed by atoms with Gasteiger partial charge < -0.3 is 10.4 Å². The summed E-state index contributed by atoms with van der Waals surface area (Å²) in [6.07, 6.45) is -0.833. The van der Waals surface area contributed by atoms with E-state index >= 15 is 0 Å². The zero-order chi connectivity index (χ0) is 16.2. The van der Waals surface area contributed by atoms with Gasteiger partial charge in [0.15, 0.2) is 0 Å². The van der Waals surface area contributed by atoms with Crippen LogP contribution in [0.3, 0.4) is 0 Å². The third kappa shape index (κ3) is 4.13. The van der Waals surface area contributed by atoms with E-state index in [0.29, 0.717) is 6.54 Å². The summed E-state index contributed by atoms with van der Waals surface area (Å²) in [6.45, 7) is 3.63. The molecule has 1 aromatic carbocycles. The van der Waals surface area contributed by atoms with E-state index in [1.807, 2.05) is 0 Å². The van der Waals surface area contributed by atoms with Crippen molar-refractivity contribution >= 4 is 21.4 Å². The smallest absolute Gasteiger partial charge is 0.293 e. The minimum atomic E-state index is -3.88. The Hall–Kier alpha value is -1.71. The molecule has 9 heteroatoms. The first-order valence-electron chi connectivity index (χ1n) is 6.36. The number of aliphatic hydroxyl groups excluding tert-OH is 1. The van der Waals surface area contributed by atoms with Crippen LogP contribution in [0.1, 0.15) is 13.8 Å². The van der Waals surface area contributed by atoms with Crippen LogP contribution in [0.5, 0.6) is 0 Å². The van der Waals surface area contributed by atoms with Crippen molar-refractivity contribution in [3.05, 3.63) is 28.3 Å². The van der Waals surface area contributed by atoms with E-state index in [9.17, 15) is 23.6 Å². The van der Waals surface area contributed by atoms with Crippen molar-refractivity contribution in [2.45, 2.75) is 24.8 Å². The number of nitrogens with zero attached hydrogens (tertiary/aromatic N) is 2. The number of nitro groups is 1. The fourth-order valence-electron chi connectivity index (χ4n) is 1.81. The number of benzene rings is 1. The van der Waals surface area contributed by atoms with E-state index in [1.165, 1.54) is 26.1 Å². The minimum absolute atomic E-state index is 0.0922. The Bertz CT molecular complexity index is 615. The van der Waals surface area contributed by atoms with Gasteiger partial charge in [0, 0.05) is 26.2 Å². The molecule has 0 aromatic heterocycles. The van der Waals surface area contributed by atoms with E-state index in [2.05, 4.69) is 5.32 Å². The van der Waals surface area contributed by atoms with E-state index in [-0.39, 0.29) is 22.8 Å². The lowest BCUT2D eigenvalue weighted by molar-refractivity contribution is -0.384. The third-order valence-electron chi connectivity index (χ3n) is 2.76. The van der Waals surface area contributed by atoms with E-state index in [4.69, 9.17) is 0 Å². The number of nitro benzene ring substituents is 1. The van der Waals surface area contributed by atoms with Crippen LogP contribution >= 0.6 is 0 Å². The van der Waals surface area contributed by atoms with Crippen molar-refractivity contribution in [2.75, 3.05) is 25.5 Å². The lowest BCUT2D eigenvalue weighted by Crippen LogP contribution is -2.33. The maximum Gasteiger partial charge on any atom is 0.293 e. The van der Waals surface area contributed by atoms with Crippen LogP contribution in [0.25, 0.3) is 0 Å². The highest BCUT2D eigenvalue weighted by Gasteiger charge is 2.25. The van der Waals surface area contributed by atoms with Crippen molar-refractivity contribution in [3.8, 4) is 0 Å². The van der Waals surface area contributed by atoms with Gasteiger partial charge >= 0.3 is 0 Å². The normalized spacial score (nSPS) is 13.2. The molecule has 0 aliphatic carbocycles. The fraction of sp³-hybridized carbons (Fsp3) is 0.500. The molecule has 2 N–H and O–H groups in total. The Morgan fingerprint density at radius 2 is 2.10 bits per heavy atom. The molecule has 0 fully saturated rings. The molecule has 0 aliphatic rings. The molecule has 0 saturated carbocycles.